The molecule has 84 valence electrons. The Morgan fingerprint density at radius 1 is 1.44 bits per heavy atom. The molecule has 0 aliphatic heterocycles. The van der Waals surface area contributed by atoms with Crippen molar-refractivity contribution in [1.82, 2.24) is 15.2 Å². The molecule has 6 N–H and O–H groups in total. The molecule has 1 unspecified atom stereocenters. The van der Waals surface area contributed by atoms with Gasteiger partial charge in [0.2, 0.25) is 0 Å². The van der Waals surface area contributed by atoms with E-state index in [-0.39, 0.29) is 0 Å². The number of hydrogen-bond donors (Lipinski definition) is 4. The summed E-state index contributed by atoms with van der Waals surface area (Å²) in [6, 6.07) is 3.52. The lowest BCUT2D eigenvalue weighted by atomic mass is 10.0. The van der Waals surface area contributed by atoms with E-state index in [1.165, 1.54) is 6.20 Å². The van der Waals surface area contributed by atoms with Crippen LogP contribution in [0.5, 0.6) is 0 Å². The molecule has 0 aromatic carbocycles. The van der Waals surface area contributed by atoms with E-state index in [2.05, 4.69) is 15.2 Å². The Labute approximate surface area is 92.3 Å². The van der Waals surface area contributed by atoms with Crippen LogP contribution in [-0.2, 0) is 6.42 Å². The standard InChI is InChI=1S/C10H13N5O/c11-9-4-6(1-2-13-9)3-8(16)7-5-14-15-10(7)12/h1-2,4-5,8,16H,3H2,(H2,11,13)(H3,12,14,15). The summed E-state index contributed by atoms with van der Waals surface area (Å²) in [7, 11) is 0. The number of H-pyrrole nitrogens is 1. The van der Waals surface area contributed by atoms with E-state index in [0.717, 1.165) is 5.56 Å². The van der Waals surface area contributed by atoms with E-state index < -0.39 is 6.10 Å². The molecular weight excluding hydrogens is 206 g/mol. The lowest BCUT2D eigenvalue weighted by Gasteiger charge is -2.09. The predicted molar refractivity (Wildman–Crippen MR) is 60.3 cm³/mol. The summed E-state index contributed by atoms with van der Waals surface area (Å²) in [4.78, 5) is 3.88. The molecule has 0 fully saturated rings. The van der Waals surface area contributed by atoms with Crippen LogP contribution >= 0.6 is 0 Å². The van der Waals surface area contributed by atoms with E-state index in [1.54, 1.807) is 18.3 Å². The summed E-state index contributed by atoms with van der Waals surface area (Å²) in [5, 5.41) is 16.3. The zero-order valence-electron chi connectivity index (χ0n) is 8.59. The number of nitrogens with two attached hydrogens (primary N) is 2. The van der Waals surface area contributed by atoms with Gasteiger partial charge in [0.25, 0.3) is 0 Å². The number of aromatic amines is 1. The van der Waals surface area contributed by atoms with E-state index in [4.69, 9.17) is 11.5 Å². The minimum Gasteiger partial charge on any atom is -0.388 e. The number of nitrogens with one attached hydrogen (secondary N) is 1. The topological polar surface area (TPSA) is 114 Å². The number of aliphatic hydroxyl groups is 1. The van der Waals surface area contributed by atoms with Gasteiger partial charge in [-0.25, -0.2) is 4.98 Å². The Morgan fingerprint density at radius 2 is 2.25 bits per heavy atom. The first-order chi connectivity index (χ1) is 7.66. The Morgan fingerprint density at radius 3 is 2.88 bits per heavy atom. The van der Waals surface area contributed by atoms with Crippen LogP contribution in [0.25, 0.3) is 0 Å². The van der Waals surface area contributed by atoms with Crippen LogP contribution < -0.4 is 11.5 Å². The molecule has 2 heterocycles. The second-order valence-corrected chi connectivity index (χ2v) is 3.55. The third kappa shape index (κ3) is 2.12. The number of nitrogens with zero attached hydrogens (tertiary/aromatic N) is 2. The minimum atomic E-state index is -0.694. The molecule has 2 aromatic rings. The molecular formula is C10H13N5O. The van der Waals surface area contributed by atoms with Gasteiger partial charge < -0.3 is 16.6 Å². The van der Waals surface area contributed by atoms with Gasteiger partial charge in [0.15, 0.2) is 0 Å². The summed E-state index contributed by atoms with van der Waals surface area (Å²) >= 11 is 0. The van der Waals surface area contributed by atoms with Gasteiger partial charge in [0.05, 0.1) is 12.3 Å². The normalized spacial score (nSPS) is 12.6. The minimum absolute atomic E-state index is 0.384. The first-order valence-corrected chi connectivity index (χ1v) is 4.84. The molecule has 0 spiro atoms. The van der Waals surface area contributed by atoms with Crippen LogP contribution in [0.4, 0.5) is 11.6 Å². The maximum absolute atomic E-state index is 9.93. The van der Waals surface area contributed by atoms with Gasteiger partial charge in [-0.2, -0.15) is 5.10 Å². The monoisotopic (exact) mass is 219 g/mol. The van der Waals surface area contributed by atoms with Gasteiger partial charge in [-0.1, -0.05) is 0 Å². The number of hydrogen-bond acceptors (Lipinski definition) is 5. The molecule has 16 heavy (non-hydrogen) atoms. The molecule has 0 saturated heterocycles. The number of pyridine rings is 1. The van der Waals surface area contributed by atoms with Crippen LogP contribution in [0.15, 0.2) is 24.5 Å². The fourth-order valence-electron chi connectivity index (χ4n) is 1.53. The zero-order valence-corrected chi connectivity index (χ0v) is 8.59. The molecule has 0 bridgehead atoms. The quantitative estimate of drug-likeness (QED) is 0.590. The van der Waals surface area contributed by atoms with Gasteiger partial charge in [-0.15, -0.1) is 0 Å². The second kappa shape index (κ2) is 4.19. The van der Waals surface area contributed by atoms with E-state index in [9.17, 15) is 5.11 Å². The van der Waals surface area contributed by atoms with Gasteiger partial charge in [-0.05, 0) is 17.7 Å². The van der Waals surface area contributed by atoms with Gasteiger partial charge >= 0.3 is 0 Å². The second-order valence-electron chi connectivity index (χ2n) is 3.55. The summed E-state index contributed by atoms with van der Waals surface area (Å²) in [6.45, 7) is 0. The fraction of sp³-hybridized carbons (Fsp3) is 0.200. The maximum atomic E-state index is 9.93. The van der Waals surface area contributed by atoms with Crippen molar-refractivity contribution in [1.29, 1.82) is 0 Å². The van der Waals surface area contributed by atoms with Gasteiger partial charge in [0, 0.05) is 18.2 Å². The predicted octanol–water partition coefficient (Wildman–Crippen LogP) is 0.245. The third-order valence-electron chi connectivity index (χ3n) is 2.33. The average molecular weight is 219 g/mol. The van der Waals surface area contributed by atoms with Crippen molar-refractivity contribution < 1.29 is 5.11 Å². The highest BCUT2D eigenvalue weighted by molar-refractivity contribution is 5.40. The van der Waals surface area contributed by atoms with Crippen LogP contribution in [0.1, 0.15) is 17.2 Å². The summed E-state index contributed by atoms with van der Waals surface area (Å²) in [6.07, 6.45) is 2.86. The van der Waals surface area contributed by atoms with Crippen molar-refractivity contribution in [2.45, 2.75) is 12.5 Å². The molecule has 2 aromatic heterocycles. The molecule has 2 rings (SSSR count). The molecule has 0 radical (unpaired) electrons. The highest BCUT2D eigenvalue weighted by Gasteiger charge is 2.13. The van der Waals surface area contributed by atoms with Crippen LogP contribution in [-0.4, -0.2) is 20.3 Å². The van der Waals surface area contributed by atoms with E-state index in [0.29, 0.717) is 23.6 Å². The van der Waals surface area contributed by atoms with Crippen molar-refractivity contribution >= 4 is 11.6 Å². The number of anilines is 2. The lowest BCUT2D eigenvalue weighted by Crippen LogP contribution is -2.04. The number of aromatic nitrogens is 3. The van der Waals surface area contributed by atoms with Crippen LogP contribution in [0.3, 0.4) is 0 Å². The van der Waals surface area contributed by atoms with Crippen LogP contribution in [0, 0.1) is 0 Å². The smallest absolute Gasteiger partial charge is 0.124 e. The van der Waals surface area contributed by atoms with Crippen LogP contribution in [0.2, 0.25) is 0 Å². The molecule has 0 amide bonds. The zero-order chi connectivity index (χ0) is 11.5. The molecule has 6 heteroatoms. The third-order valence-corrected chi connectivity index (χ3v) is 2.33. The molecule has 6 nitrogen and oxygen atoms in total. The molecule has 1 atom stereocenters. The highest BCUT2D eigenvalue weighted by Crippen LogP contribution is 2.21. The van der Waals surface area contributed by atoms with E-state index in [1.807, 2.05) is 0 Å². The SMILES string of the molecule is Nc1cc(CC(O)c2cn[nH]c2N)ccn1. The first kappa shape index (κ1) is 10.4. The van der Waals surface area contributed by atoms with Crippen molar-refractivity contribution in [2.24, 2.45) is 0 Å². The van der Waals surface area contributed by atoms with Crippen molar-refractivity contribution in [3.63, 3.8) is 0 Å². The molecule has 0 saturated carbocycles. The Kier molecular flexibility index (Phi) is 2.74. The summed E-state index contributed by atoms with van der Waals surface area (Å²) < 4.78 is 0. The van der Waals surface area contributed by atoms with Crippen molar-refractivity contribution in [3.05, 3.63) is 35.7 Å². The van der Waals surface area contributed by atoms with Crippen molar-refractivity contribution in [3.8, 4) is 0 Å². The number of aliphatic hydroxyl groups excluding tert-OH is 1. The highest BCUT2D eigenvalue weighted by atomic mass is 16.3. The summed E-state index contributed by atoms with van der Waals surface area (Å²) in [5.74, 6) is 0.819. The maximum Gasteiger partial charge on any atom is 0.124 e. The molecule has 0 aliphatic carbocycles. The number of nitrogen functional groups attached to an aromatic ring is 2. The lowest BCUT2D eigenvalue weighted by molar-refractivity contribution is 0.179. The molecule has 0 aliphatic rings. The Balaban J connectivity index is 2.14. The fourth-order valence-corrected chi connectivity index (χ4v) is 1.53. The van der Waals surface area contributed by atoms with Crippen molar-refractivity contribution in [2.75, 3.05) is 11.5 Å². The van der Waals surface area contributed by atoms with Gasteiger partial charge in [-0.3, -0.25) is 5.10 Å². The summed E-state index contributed by atoms with van der Waals surface area (Å²) in [5.41, 5.74) is 12.7. The average Bonchev–Trinajstić information content (AvgIpc) is 2.64. The number of rotatable bonds is 3. The van der Waals surface area contributed by atoms with E-state index >= 15 is 0 Å². The largest absolute Gasteiger partial charge is 0.388 e. The Hall–Kier alpha value is -2.08. The van der Waals surface area contributed by atoms with Gasteiger partial charge in [0.1, 0.15) is 11.6 Å². The Bertz CT molecular complexity index is 482. The first-order valence-electron chi connectivity index (χ1n) is 4.84.